The van der Waals surface area contributed by atoms with Crippen molar-refractivity contribution in [3.05, 3.63) is 81.3 Å². The zero-order valence-electron chi connectivity index (χ0n) is 16.6. The molecular formula is C23H24N4O2S. The van der Waals surface area contributed by atoms with Crippen molar-refractivity contribution in [1.82, 2.24) is 20.6 Å². The van der Waals surface area contributed by atoms with E-state index in [1.54, 1.807) is 12.3 Å². The van der Waals surface area contributed by atoms with Gasteiger partial charge >= 0.3 is 0 Å². The van der Waals surface area contributed by atoms with Crippen LogP contribution in [0.2, 0.25) is 0 Å². The van der Waals surface area contributed by atoms with Crippen LogP contribution < -0.4 is 10.9 Å². The highest BCUT2D eigenvalue weighted by molar-refractivity contribution is 7.14. The number of hydrazine groups is 1. The molecule has 154 valence electrons. The lowest BCUT2D eigenvalue weighted by Crippen LogP contribution is -2.40. The van der Waals surface area contributed by atoms with Crippen molar-refractivity contribution >= 4 is 29.2 Å². The van der Waals surface area contributed by atoms with Gasteiger partial charge in [0, 0.05) is 22.7 Å². The highest BCUT2D eigenvalue weighted by Gasteiger charge is 2.16. The van der Waals surface area contributed by atoms with E-state index in [4.69, 9.17) is 0 Å². The van der Waals surface area contributed by atoms with E-state index in [0.717, 1.165) is 24.0 Å². The zero-order chi connectivity index (χ0) is 20.8. The molecule has 1 aromatic carbocycles. The molecule has 0 saturated carbocycles. The summed E-state index contributed by atoms with van der Waals surface area (Å²) < 4.78 is 1.81. The maximum atomic E-state index is 12.4. The summed E-state index contributed by atoms with van der Waals surface area (Å²) in [6.07, 6.45) is 12.3. The number of nitrogens with one attached hydrogen (secondary N) is 2. The quantitative estimate of drug-likeness (QED) is 0.375. The lowest BCUT2D eigenvalue weighted by atomic mass is 10.1. The maximum Gasteiger partial charge on any atom is 0.279 e. The standard InChI is InChI=1S/C23H24N4O2S/c28-22(12-11-18-14-24-27(16-18)15-17-7-3-1-4-8-17)25-26-23(29)21-13-19-9-5-2-6-10-20(19)30-21/h1,3-4,7-8,11-14,16H,2,5-6,9-10,15H2,(H,25,28)(H,26,29)/b12-11+. The molecule has 2 amide bonds. The number of thiophene rings is 1. The highest BCUT2D eigenvalue weighted by Crippen LogP contribution is 2.28. The lowest BCUT2D eigenvalue weighted by Gasteiger charge is -2.03. The molecule has 30 heavy (non-hydrogen) atoms. The number of rotatable bonds is 5. The fourth-order valence-electron chi connectivity index (χ4n) is 3.50. The Bertz CT molecular complexity index is 1030. The average Bonchev–Trinajstić information content (AvgIpc) is 3.32. The lowest BCUT2D eigenvalue weighted by molar-refractivity contribution is -0.117. The number of hydrogen-bond donors (Lipinski definition) is 2. The van der Waals surface area contributed by atoms with Crippen LogP contribution in [0.4, 0.5) is 0 Å². The maximum absolute atomic E-state index is 12.4. The number of amides is 2. The summed E-state index contributed by atoms with van der Waals surface area (Å²) in [7, 11) is 0. The average molecular weight is 421 g/mol. The molecule has 0 aliphatic heterocycles. The summed E-state index contributed by atoms with van der Waals surface area (Å²) in [5, 5.41) is 4.31. The summed E-state index contributed by atoms with van der Waals surface area (Å²) in [6.45, 7) is 0.668. The number of aromatic nitrogens is 2. The second-order valence-corrected chi connectivity index (χ2v) is 8.49. The summed E-state index contributed by atoms with van der Waals surface area (Å²) in [5.41, 5.74) is 8.19. The third-order valence-electron chi connectivity index (χ3n) is 5.04. The van der Waals surface area contributed by atoms with Gasteiger partial charge in [-0.15, -0.1) is 11.3 Å². The number of benzene rings is 1. The normalized spacial score (nSPS) is 13.6. The van der Waals surface area contributed by atoms with Crippen molar-refractivity contribution in [2.24, 2.45) is 0 Å². The Morgan fingerprint density at radius 3 is 2.80 bits per heavy atom. The Balaban J connectivity index is 1.27. The van der Waals surface area contributed by atoms with Crippen molar-refractivity contribution < 1.29 is 9.59 Å². The van der Waals surface area contributed by atoms with E-state index in [9.17, 15) is 9.59 Å². The van der Waals surface area contributed by atoms with Gasteiger partial charge in [-0.25, -0.2) is 0 Å². The largest absolute Gasteiger partial charge is 0.279 e. The van der Waals surface area contributed by atoms with Crippen LogP contribution in [0.3, 0.4) is 0 Å². The molecule has 6 nitrogen and oxygen atoms in total. The molecule has 1 aliphatic carbocycles. The Kier molecular flexibility index (Phi) is 6.39. The predicted octanol–water partition coefficient (Wildman–Crippen LogP) is 3.74. The highest BCUT2D eigenvalue weighted by atomic mass is 32.1. The first-order chi connectivity index (χ1) is 14.7. The van der Waals surface area contributed by atoms with Crippen LogP contribution in [-0.2, 0) is 24.2 Å². The summed E-state index contributed by atoms with van der Waals surface area (Å²) in [4.78, 5) is 26.4. The molecule has 7 heteroatoms. The molecular weight excluding hydrogens is 396 g/mol. The first-order valence-corrected chi connectivity index (χ1v) is 11.0. The minimum atomic E-state index is -0.391. The van der Waals surface area contributed by atoms with Gasteiger partial charge in [-0.05, 0) is 49.0 Å². The van der Waals surface area contributed by atoms with Crippen LogP contribution in [0.15, 0.2) is 54.9 Å². The minimum Gasteiger partial charge on any atom is -0.268 e. The third-order valence-corrected chi connectivity index (χ3v) is 6.27. The summed E-state index contributed by atoms with van der Waals surface area (Å²) in [6, 6.07) is 12.0. The molecule has 2 heterocycles. The van der Waals surface area contributed by atoms with Gasteiger partial charge in [-0.2, -0.15) is 5.10 Å². The second kappa shape index (κ2) is 9.54. The minimum absolute atomic E-state index is 0.273. The number of nitrogens with zero attached hydrogens (tertiary/aromatic N) is 2. The van der Waals surface area contributed by atoms with Crippen molar-refractivity contribution in [2.45, 2.75) is 38.6 Å². The molecule has 0 radical (unpaired) electrons. The molecule has 0 bridgehead atoms. The molecule has 0 saturated heterocycles. The Morgan fingerprint density at radius 1 is 1.10 bits per heavy atom. The molecule has 0 fully saturated rings. The van der Waals surface area contributed by atoms with E-state index in [1.807, 2.05) is 47.3 Å². The predicted molar refractivity (Wildman–Crippen MR) is 118 cm³/mol. The van der Waals surface area contributed by atoms with Crippen molar-refractivity contribution in [3.8, 4) is 0 Å². The van der Waals surface area contributed by atoms with E-state index in [2.05, 4.69) is 16.0 Å². The second-order valence-electron chi connectivity index (χ2n) is 7.35. The number of carbonyl (C=O) groups is 2. The molecule has 2 aromatic heterocycles. The number of aryl methyl sites for hydroxylation is 2. The number of hydrogen-bond acceptors (Lipinski definition) is 4. The van der Waals surface area contributed by atoms with Gasteiger partial charge in [0.1, 0.15) is 0 Å². The van der Waals surface area contributed by atoms with Crippen molar-refractivity contribution in [2.75, 3.05) is 0 Å². The van der Waals surface area contributed by atoms with E-state index in [0.29, 0.717) is 11.4 Å². The van der Waals surface area contributed by atoms with Crippen LogP contribution in [-0.4, -0.2) is 21.6 Å². The Morgan fingerprint density at radius 2 is 1.93 bits per heavy atom. The van der Waals surface area contributed by atoms with Crippen LogP contribution in [0.5, 0.6) is 0 Å². The van der Waals surface area contributed by atoms with Gasteiger partial charge in [-0.3, -0.25) is 25.1 Å². The van der Waals surface area contributed by atoms with Crippen molar-refractivity contribution in [3.63, 3.8) is 0 Å². The molecule has 0 unspecified atom stereocenters. The van der Waals surface area contributed by atoms with E-state index in [1.165, 1.54) is 47.1 Å². The zero-order valence-corrected chi connectivity index (χ0v) is 17.5. The van der Waals surface area contributed by atoms with E-state index in [-0.39, 0.29) is 5.91 Å². The van der Waals surface area contributed by atoms with Gasteiger partial charge in [0.25, 0.3) is 11.8 Å². The van der Waals surface area contributed by atoms with Crippen molar-refractivity contribution in [1.29, 1.82) is 0 Å². The molecule has 0 spiro atoms. The number of fused-ring (bicyclic) bond motifs is 1. The monoisotopic (exact) mass is 420 g/mol. The molecule has 0 atom stereocenters. The molecule has 3 aromatic rings. The van der Waals surface area contributed by atoms with Crippen LogP contribution >= 0.6 is 11.3 Å². The molecule has 4 rings (SSSR count). The van der Waals surface area contributed by atoms with Crippen LogP contribution in [0.1, 0.15) is 50.5 Å². The smallest absolute Gasteiger partial charge is 0.268 e. The third kappa shape index (κ3) is 5.24. The summed E-state index contributed by atoms with van der Waals surface area (Å²) in [5.74, 6) is -0.664. The van der Waals surface area contributed by atoms with Gasteiger partial charge in [-0.1, -0.05) is 36.8 Å². The van der Waals surface area contributed by atoms with Gasteiger partial charge < -0.3 is 0 Å². The Labute approximate surface area is 179 Å². The van der Waals surface area contributed by atoms with Crippen LogP contribution in [0.25, 0.3) is 6.08 Å². The molecule has 2 N–H and O–H groups in total. The SMILES string of the molecule is O=C(/C=C/c1cnn(Cc2ccccc2)c1)NNC(=O)c1cc2c(s1)CCCCC2. The first-order valence-electron chi connectivity index (χ1n) is 10.1. The first kappa shape index (κ1) is 20.1. The van der Waals surface area contributed by atoms with E-state index < -0.39 is 5.91 Å². The van der Waals surface area contributed by atoms with Gasteiger partial charge in [0.05, 0.1) is 17.6 Å². The fourth-order valence-corrected chi connectivity index (χ4v) is 4.64. The van der Waals surface area contributed by atoms with Gasteiger partial charge in [0.15, 0.2) is 0 Å². The Hall–Kier alpha value is -3.19. The van der Waals surface area contributed by atoms with E-state index >= 15 is 0 Å². The van der Waals surface area contributed by atoms with Gasteiger partial charge in [0.2, 0.25) is 0 Å². The van der Waals surface area contributed by atoms with Crippen LogP contribution in [0, 0.1) is 0 Å². The topological polar surface area (TPSA) is 76.0 Å². The number of carbonyl (C=O) groups excluding carboxylic acids is 2. The fraction of sp³-hybridized carbons (Fsp3) is 0.261. The molecule has 1 aliphatic rings. The summed E-state index contributed by atoms with van der Waals surface area (Å²) >= 11 is 1.53.